The fourth-order valence-corrected chi connectivity index (χ4v) is 3.62. The van der Waals surface area contributed by atoms with Crippen LogP contribution < -0.4 is 0 Å². The zero-order chi connectivity index (χ0) is 40.1. The quantitative estimate of drug-likeness (QED) is 0.0414. The van der Waals surface area contributed by atoms with Gasteiger partial charge >= 0.3 is 35.8 Å². The highest BCUT2D eigenvalue weighted by Gasteiger charge is 2.43. The van der Waals surface area contributed by atoms with Gasteiger partial charge in [0, 0.05) is 6.61 Å². The van der Waals surface area contributed by atoms with Gasteiger partial charge in [-0.15, -0.1) is 0 Å². The molecule has 0 atom stereocenters. The van der Waals surface area contributed by atoms with Crippen molar-refractivity contribution < 1.29 is 84.6 Å². The molecule has 0 unspecified atom stereocenters. The van der Waals surface area contributed by atoms with E-state index in [9.17, 15) is 33.9 Å². The van der Waals surface area contributed by atoms with E-state index in [1.807, 2.05) is 20.8 Å². The second-order valence-electron chi connectivity index (χ2n) is 12.0. The van der Waals surface area contributed by atoms with Crippen LogP contribution in [-0.2, 0) is 43.0 Å². The standard InChI is InChI=1S/C18H32O7.C8H18.C6H8O7.C4H10O.2H2O/c1-4-7-10-23-15(19)13-18(22,17(21)25-12-9-6-3)14-16(20)24-11-8-5-2;1-3-5-7-8-6-4-2;7-3(8)1-6(13,5(11)12)2-4(9)10;1-2-3-4-5;;/h22H,4-14H2,1-3H3;3-8H2,1-2H3;13H,1-2H2,(H,7,8)(H,9,10)(H,11,12);5H,2-4H2,1H3;2*1H2. The van der Waals surface area contributed by atoms with E-state index >= 15 is 0 Å². The van der Waals surface area contributed by atoms with Gasteiger partial charge in [-0.3, -0.25) is 19.2 Å². The lowest BCUT2D eigenvalue weighted by atomic mass is 9.95. The summed E-state index contributed by atoms with van der Waals surface area (Å²) in [5, 5.41) is 52.4. The van der Waals surface area contributed by atoms with Crippen LogP contribution in [0, 0.1) is 0 Å². The molecule has 0 radical (unpaired) electrons. The molecular formula is C36H72O17. The predicted octanol–water partition coefficient (Wildman–Crippen LogP) is 3.78. The van der Waals surface area contributed by atoms with E-state index in [0.29, 0.717) is 25.9 Å². The Bertz CT molecular complexity index is 876. The second kappa shape index (κ2) is 41.4. The summed E-state index contributed by atoms with van der Waals surface area (Å²) in [4.78, 5) is 66.4. The van der Waals surface area contributed by atoms with Crippen LogP contribution in [0.2, 0.25) is 0 Å². The van der Waals surface area contributed by atoms with Crippen LogP contribution in [0.4, 0.5) is 0 Å². The summed E-state index contributed by atoms with van der Waals surface area (Å²) < 4.78 is 14.9. The number of hydrogen-bond acceptors (Lipinski definition) is 12. The fourth-order valence-electron chi connectivity index (χ4n) is 3.62. The molecule has 0 aliphatic heterocycles. The SMILES string of the molecule is CCCCCCCC.CCCCO.CCCCOC(=O)CC(O)(CC(=O)OCCCC)C(=O)OCCCC.O.O.O=C(O)CC(O)(CC(=O)O)C(=O)O. The molecule has 0 aliphatic rings. The van der Waals surface area contributed by atoms with Gasteiger partial charge in [-0.25, -0.2) is 9.59 Å². The molecule has 0 aromatic heterocycles. The van der Waals surface area contributed by atoms with Crippen molar-refractivity contribution in [2.24, 2.45) is 0 Å². The molecule has 0 saturated carbocycles. The van der Waals surface area contributed by atoms with E-state index in [0.717, 1.165) is 32.1 Å². The van der Waals surface area contributed by atoms with Gasteiger partial charge in [0.1, 0.15) is 0 Å². The Labute approximate surface area is 315 Å². The zero-order valence-electron chi connectivity index (χ0n) is 32.9. The highest BCUT2D eigenvalue weighted by Crippen LogP contribution is 2.20. The largest absolute Gasteiger partial charge is 0.481 e. The van der Waals surface area contributed by atoms with Crippen molar-refractivity contribution in [3.05, 3.63) is 0 Å². The van der Waals surface area contributed by atoms with Crippen LogP contribution in [0.1, 0.15) is 157 Å². The molecule has 0 fully saturated rings. The van der Waals surface area contributed by atoms with E-state index in [1.165, 1.54) is 38.5 Å². The number of aliphatic carboxylic acids is 3. The Kier molecular flexibility index (Phi) is 48.1. The third-order valence-corrected chi connectivity index (χ3v) is 6.76. The minimum absolute atomic E-state index is 0. The summed E-state index contributed by atoms with van der Waals surface area (Å²) in [7, 11) is 0. The van der Waals surface area contributed by atoms with Gasteiger partial charge < -0.3 is 55.8 Å². The minimum atomic E-state index is -2.74. The van der Waals surface area contributed by atoms with Gasteiger partial charge in [-0.05, 0) is 25.7 Å². The Balaban J connectivity index is -0.000000164. The maximum absolute atomic E-state index is 12.2. The number of aliphatic hydroxyl groups is 3. The van der Waals surface area contributed by atoms with Crippen molar-refractivity contribution in [2.45, 2.75) is 168 Å². The maximum atomic E-state index is 12.2. The van der Waals surface area contributed by atoms with Crippen LogP contribution in [0.5, 0.6) is 0 Å². The zero-order valence-corrected chi connectivity index (χ0v) is 32.9. The number of carbonyl (C=O) groups is 6. The molecule has 53 heavy (non-hydrogen) atoms. The molecule has 0 rings (SSSR count). The van der Waals surface area contributed by atoms with Crippen LogP contribution in [0.15, 0.2) is 0 Å². The molecule has 17 nitrogen and oxygen atoms in total. The molecule has 10 N–H and O–H groups in total. The minimum Gasteiger partial charge on any atom is -0.481 e. The van der Waals surface area contributed by atoms with Crippen molar-refractivity contribution in [1.29, 1.82) is 0 Å². The Hall–Kier alpha value is -3.38. The van der Waals surface area contributed by atoms with Crippen molar-refractivity contribution in [1.82, 2.24) is 0 Å². The fraction of sp³-hybridized carbons (Fsp3) is 0.833. The average molecular weight is 777 g/mol. The van der Waals surface area contributed by atoms with Gasteiger partial charge in [0.25, 0.3) is 0 Å². The first-order chi connectivity index (χ1) is 24.0. The lowest BCUT2D eigenvalue weighted by Crippen LogP contribution is -2.45. The Morgan fingerprint density at radius 1 is 0.453 bits per heavy atom. The lowest BCUT2D eigenvalue weighted by molar-refractivity contribution is -0.178. The number of rotatable bonds is 26. The van der Waals surface area contributed by atoms with E-state index in [2.05, 4.69) is 20.8 Å². The number of unbranched alkanes of at least 4 members (excludes halogenated alkanes) is 9. The molecule has 17 heteroatoms. The van der Waals surface area contributed by atoms with Crippen LogP contribution in [-0.4, -0.2) is 115 Å². The first kappa shape index (κ1) is 61.6. The molecule has 0 aromatic carbocycles. The molecule has 0 aromatic rings. The average Bonchev–Trinajstić information content (AvgIpc) is 3.04. The smallest absolute Gasteiger partial charge is 0.339 e. The number of carboxylic acid groups (broad SMARTS) is 3. The molecule has 0 aliphatic carbocycles. The summed E-state index contributed by atoms with van der Waals surface area (Å²) in [6.07, 6.45) is 11.5. The van der Waals surface area contributed by atoms with Crippen LogP contribution >= 0.6 is 0 Å². The van der Waals surface area contributed by atoms with E-state index in [1.54, 1.807) is 0 Å². The van der Waals surface area contributed by atoms with E-state index < -0.39 is 72.7 Å². The second-order valence-corrected chi connectivity index (χ2v) is 12.0. The molecule has 318 valence electrons. The normalized spacial score (nSPS) is 10.1. The molecule has 0 spiro atoms. The lowest BCUT2D eigenvalue weighted by Gasteiger charge is -2.24. The number of aliphatic hydroxyl groups excluding tert-OH is 1. The molecule has 0 amide bonds. The number of hydrogen-bond donors (Lipinski definition) is 6. The Morgan fingerprint density at radius 2 is 0.774 bits per heavy atom. The van der Waals surface area contributed by atoms with E-state index in [4.69, 9.17) is 39.7 Å². The topological polar surface area (TPSA) is 314 Å². The first-order valence-electron chi connectivity index (χ1n) is 18.2. The molecule has 0 heterocycles. The maximum Gasteiger partial charge on any atom is 0.339 e. The van der Waals surface area contributed by atoms with E-state index in [-0.39, 0.29) is 30.8 Å². The summed E-state index contributed by atoms with van der Waals surface area (Å²) in [5.74, 6) is -7.51. The molecule has 0 saturated heterocycles. The number of esters is 3. The number of carbonyl (C=O) groups excluding carboxylic acids is 3. The molecule has 0 bridgehead atoms. The monoisotopic (exact) mass is 776 g/mol. The van der Waals surface area contributed by atoms with Crippen molar-refractivity contribution in [3.8, 4) is 0 Å². The first-order valence-corrected chi connectivity index (χ1v) is 18.2. The summed E-state index contributed by atoms with van der Waals surface area (Å²) in [6, 6.07) is 0. The molecular weight excluding hydrogens is 704 g/mol. The van der Waals surface area contributed by atoms with Gasteiger partial charge in [0.2, 0.25) is 0 Å². The van der Waals surface area contributed by atoms with Crippen LogP contribution in [0.3, 0.4) is 0 Å². The van der Waals surface area contributed by atoms with Crippen molar-refractivity contribution in [3.63, 3.8) is 0 Å². The van der Waals surface area contributed by atoms with Gasteiger partial charge in [-0.1, -0.05) is 106 Å². The van der Waals surface area contributed by atoms with Crippen molar-refractivity contribution in [2.75, 3.05) is 26.4 Å². The summed E-state index contributed by atoms with van der Waals surface area (Å²) >= 11 is 0. The van der Waals surface area contributed by atoms with Gasteiger partial charge in [-0.2, -0.15) is 0 Å². The highest BCUT2D eigenvalue weighted by molar-refractivity contribution is 5.90. The highest BCUT2D eigenvalue weighted by atomic mass is 16.6. The van der Waals surface area contributed by atoms with Gasteiger partial charge in [0.05, 0.1) is 45.5 Å². The predicted molar refractivity (Wildman–Crippen MR) is 197 cm³/mol. The number of carboxylic acids is 3. The summed E-state index contributed by atoms with van der Waals surface area (Å²) in [6.45, 7) is 13.3. The number of ether oxygens (including phenoxy) is 3. The summed E-state index contributed by atoms with van der Waals surface area (Å²) in [5.41, 5.74) is -5.00. The third kappa shape index (κ3) is 41.2. The van der Waals surface area contributed by atoms with Crippen molar-refractivity contribution >= 4 is 35.8 Å². The Morgan fingerprint density at radius 3 is 1.02 bits per heavy atom. The van der Waals surface area contributed by atoms with Crippen LogP contribution in [0.25, 0.3) is 0 Å². The third-order valence-electron chi connectivity index (χ3n) is 6.76. The van der Waals surface area contributed by atoms with Gasteiger partial charge in [0.15, 0.2) is 11.2 Å².